The highest BCUT2D eigenvalue weighted by Gasteiger charge is 2.44. The monoisotopic (exact) mass is 654 g/mol. The molecule has 0 spiro atoms. The van der Waals surface area contributed by atoms with E-state index in [0.717, 1.165) is 11.1 Å². The van der Waals surface area contributed by atoms with E-state index in [9.17, 15) is 38.4 Å². The molecule has 2 unspecified atom stereocenters. The lowest BCUT2D eigenvalue weighted by Gasteiger charge is -2.08. The van der Waals surface area contributed by atoms with Gasteiger partial charge in [0.25, 0.3) is 0 Å². The van der Waals surface area contributed by atoms with Crippen LogP contribution in [0.4, 0.5) is 0 Å². The van der Waals surface area contributed by atoms with Crippen LogP contribution < -0.4 is 4.74 Å². The fourth-order valence-electron chi connectivity index (χ4n) is 6.40. The second kappa shape index (κ2) is 13.3. The van der Waals surface area contributed by atoms with Gasteiger partial charge < -0.3 is 4.74 Å². The summed E-state index contributed by atoms with van der Waals surface area (Å²) in [6, 6.07) is 22.2. The van der Waals surface area contributed by atoms with Crippen LogP contribution in [0.2, 0.25) is 0 Å². The molecule has 49 heavy (non-hydrogen) atoms. The molecule has 0 heterocycles. The Kier molecular flexibility index (Phi) is 8.93. The average molecular weight is 655 g/mol. The Hall–Kier alpha value is -5.96. The number of fused-ring (bicyclic) bond motifs is 2. The molecule has 9 heteroatoms. The van der Waals surface area contributed by atoms with E-state index in [1.165, 1.54) is 36.4 Å². The van der Waals surface area contributed by atoms with Crippen molar-refractivity contribution in [1.29, 1.82) is 0 Å². The summed E-state index contributed by atoms with van der Waals surface area (Å²) in [6.45, 7) is 3.57. The molecule has 0 aromatic heterocycles. The van der Waals surface area contributed by atoms with Crippen molar-refractivity contribution in [3.8, 4) is 11.5 Å². The van der Waals surface area contributed by atoms with Gasteiger partial charge in [0.1, 0.15) is 23.3 Å². The van der Waals surface area contributed by atoms with Gasteiger partial charge in [0.2, 0.25) is 0 Å². The Morgan fingerprint density at radius 1 is 0.490 bits per heavy atom. The Labute approximate surface area is 281 Å². The van der Waals surface area contributed by atoms with Gasteiger partial charge in [0.05, 0.1) is 0 Å². The van der Waals surface area contributed by atoms with Crippen molar-refractivity contribution in [2.45, 2.75) is 39.5 Å². The molecule has 0 saturated carbocycles. The number of ether oxygens (including phenoxy) is 1. The Bertz CT molecular complexity index is 1990. The highest BCUT2D eigenvalue weighted by molar-refractivity contribution is 6.36. The van der Waals surface area contributed by atoms with Crippen LogP contribution in [0.15, 0.2) is 84.9 Å². The number of ketones is 8. The summed E-state index contributed by atoms with van der Waals surface area (Å²) in [5, 5.41) is 0. The third-order valence-corrected chi connectivity index (χ3v) is 9.06. The SMILES string of the molecule is Cc1ccccc1C(=O)CCC(=O)C1C(=O)c2ccc(Oc3ccc4c(c3)C(=O)C(C(=O)CCC(=O)c3ccccc3C)C4=O)cc2C1=O. The number of Topliss-reactive ketones (excluding diaryl/α,β-unsaturated/α-hetero) is 8. The van der Waals surface area contributed by atoms with Gasteiger partial charge in [-0.05, 0) is 61.4 Å². The summed E-state index contributed by atoms with van der Waals surface area (Å²) in [5.41, 5.74) is 2.64. The van der Waals surface area contributed by atoms with Crippen LogP contribution >= 0.6 is 0 Å². The summed E-state index contributed by atoms with van der Waals surface area (Å²) in [4.78, 5) is 104. The van der Waals surface area contributed by atoms with Gasteiger partial charge in [-0.3, -0.25) is 38.4 Å². The molecular weight excluding hydrogens is 624 g/mol. The van der Waals surface area contributed by atoms with Gasteiger partial charge in [-0.2, -0.15) is 0 Å². The van der Waals surface area contributed by atoms with Gasteiger partial charge >= 0.3 is 0 Å². The molecule has 0 bridgehead atoms. The third-order valence-electron chi connectivity index (χ3n) is 9.06. The van der Waals surface area contributed by atoms with Crippen molar-refractivity contribution in [1.82, 2.24) is 0 Å². The van der Waals surface area contributed by atoms with Crippen LogP contribution in [0.25, 0.3) is 0 Å². The van der Waals surface area contributed by atoms with Crippen molar-refractivity contribution in [2.24, 2.45) is 11.8 Å². The van der Waals surface area contributed by atoms with Crippen molar-refractivity contribution >= 4 is 46.3 Å². The Morgan fingerprint density at radius 2 is 0.857 bits per heavy atom. The van der Waals surface area contributed by atoms with Crippen LogP contribution in [0.5, 0.6) is 11.5 Å². The predicted octanol–water partition coefficient (Wildman–Crippen LogP) is 6.55. The van der Waals surface area contributed by atoms with Crippen LogP contribution in [-0.2, 0) is 9.59 Å². The molecule has 2 aliphatic carbocycles. The smallest absolute Gasteiger partial charge is 0.182 e. The zero-order valence-electron chi connectivity index (χ0n) is 26.7. The van der Waals surface area contributed by atoms with E-state index >= 15 is 0 Å². The first-order chi connectivity index (χ1) is 23.5. The van der Waals surface area contributed by atoms with Crippen LogP contribution in [0.1, 0.15) is 99.0 Å². The molecular formula is C40H30O9. The molecule has 244 valence electrons. The van der Waals surface area contributed by atoms with Gasteiger partial charge in [-0.25, -0.2) is 0 Å². The normalized spacial score (nSPS) is 16.4. The molecule has 0 amide bonds. The van der Waals surface area contributed by atoms with Gasteiger partial charge in [-0.1, -0.05) is 48.5 Å². The minimum Gasteiger partial charge on any atom is -0.457 e. The molecule has 2 atom stereocenters. The first-order valence-corrected chi connectivity index (χ1v) is 15.8. The van der Waals surface area contributed by atoms with E-state index < -0.39 is 46.5 Å². The maximum atomic E-state index is 13.2. The molecule has 0 radical (unpaired) electrons. The average Bonchev–Trinajstić information content (AvgIpc) is 3.49. The number of aryl methyl sites for hydroxylation is 2. The Morgan fingerprint density at radius 3 is 1.24 bits per heavy atom. The van der Waals surface area contributed by atoms with E-state index in [4.69, 9.17) is 4.74 Å². The van der Waals surface area contributed by atoms with E-state index in [-0.39, 0.29) is 71.0 Å². The van der Waals surface area contributed by atoms with E-state index in [0.29, 0.717) is 11.1 Å². The minimum absolute atomic E-state index is 0.00407. The maximum Gasteiger partial charge on any atom is 0.182 e. The maximum absolute atomic E-state index is 13.2. The van der Waals surface area contributed by atoms with E-state index in [1.54, 1.807) is 62.4 Å². The zero-order chi connectivity index (χ0) is 35.0. The molecule has 4 aromatic rings. The Balaban J connectivity index is 1.11. The molecule has 6 rings (SSSR count). The van der Waals surface area contributed by atoms with Crippen molar-refractivity contribution in [3.63, 3.8) is 0 Å². The quantitative estimate of drug-likeness (QED) is 0.123. The number of rotatable bonds is 12. The number of hydrogen-bond acceptors (Lipinski definition) is 9. The van der Waals surface area contributed by atoms with Gasteiger partial charge in [0.15, 0.2) is 46.3 Å². The highest BCUT2D eigenvalue weighted by Crippen LogP contribution is 2.36. The fraction of sp³-hybridized carbons (Fsp3) is 0.200. The second-order valence-corrected chi connectivity index (χ2v) is 12.2. The molecule has 0 fully saturated rings. The molecule has 0 N–H and O–H groups in total. The molecule has 0 aliphatic heterocycles. The van der Waals surface area contributed by atoms with Crippen molar-refractivity contribution in [2.75, 3.05) is 0 Å². The van der Waals surface area contributed by atoms with Crippen molar-refractivity contribution < 1.29 is 43.1 Å². The minimum atomic E-state index is -1.54. The lowest BCUT2D eigenvalue weighted by atomic mass is 9.93. The lowest BCUT2D eigenvalue weighted by Crippen LogP contribution is -2.26. The molecule has 2 aliphatic rings. The molecule has 9 nitrogen and oxygen atoms in total. The van der Waals surface area contributed by atoms with Crippen LogP contribution in [0.3, 0.4) is 0 Å². The summed E-state index contributed by atoms with van der Waals surface area (Å²) < 4.78 is 5.88. The summed E-state index contributed by atoms with van der Waals surface area (Å²) >= 11 is 0. The summed E-state index contributed by atoms with van der Waals surface area (Å²) in [5.74, 6) is -7.24. The van der Waals surface area contributed by atoms with Crippen LogP contribution in [0, 0.1) is 25.7 Å². The van der Waals surface area contributed by atoms with E-state index in [1.807, 2.05) is 0 Å². The zero-order valence-corrected chi connectivity index (χ0v) is 26.7. The lowest BCUT2D eigenvalue weighted by molar-refractivity contribution is -0.121. The molecule has 0 saturated heterocycles. The second-order valence-electron chi connectivity index (χ2n) is 12.2. The van der Waals surface area contributed by atoms with Gasteiger partial charge in [0, 0.05) is 59.1 Å². The predicted molar refractivity (Wildman–Crippen MR) is 177 cm³/mol. The van der Waals surface area contributed by atoms with E-state index in [2.05, 4.69) is 0 Å². The number of hydrogen-bond donors (Lipinski definition) is 0. The topological polar surface area (TPSA) is 146 Å². The first kappa shape index (κ1) is 33.0. The summed E-state index contributed by atoms with van der Waals surface area (Å²) in [6.07, 6.45) is -0.798. The standard InChI is InChI=1S/C40H30O9/c1-21-7-3-5-9-25(21)31(41)15-17-33(43)35-37(45)27-13-11-23(19-29(27)39(35)47)49-24-12-14-28-30(20-24)40(48)36(38(28)46)34(44)18-16-32(42)26-10-6-4-8-22(26)2/h3-14,19-20,35-36H,15-18H2,1-2H3. The van der Waals surface area contributed by atoms with Crippen molar-refractivity contribution in [3.05, 3.63) is 129 Å². The molecule has 4 aromatic carbocycles. The largest absolute Gasteiger partial charge is 0.457 e. The fourth-order valence-corrected chi connectivity index (χ4v) is 6.40. The first-order valence-electron chi connectivity index (χ1n) is 15.8. The third kappa shape index (κ3) is 6.23. The number of carbonyl (C=O) groups is 8. The van der Waals surface area contributed by atoms with Gasteiger partial charge in [-0.15, -0.1) is 0 Å². The van der Waals surface area contributed by atoms with Crippen LogP contribution in [-0.4, -0.2) is 46.3 Å². The number of carbonyl (C=O) groups excluding carboxylic acids is 8. The summed E-state index contributed by atoms with van der Waals surface area (Å²) in [7, 11) is 0. The number of benzene rings is 4. The highest BCUT2D eigenvalue weighted by atomic mass is 16.5.